The summed E-state index contributed by atoms with van der Waals surface area (Å²) in [5, 5.41) is 4.01. The first kappa shape index (κ1) is 18.0. The van der Waals surface area contributed by atoms with Gasteiger partial charge in [-0.25, -0.2) is 4.98 Å². The average molecular weight is 389 g/mol. The second-order valence-electron chi connectivity index (χ2n) is 6.13. The second-order valence-corrected chi connectivity index (χ2v) is 7.07. The molecule has 8 heteroatoms. The molecule has 0 bridgehead atoms. The second kappa shape index (κ2) is 8.10. The number of anilines is 3. The highest BCUT2D eigenvalue weighted by molar-refractivity contribution is 7.98. The molecule has 0 saturated carbocycles. The summed E-state index contributed by atoms with van der Waals surface area (Å²) < 4.78 is 2.05. The van der Waals surface area contributed by atoms with E-state index in [1.54, 1.807) is 18.0 Å². The number of thioether (sulfide) groups is 1. The number of hydrogen-bond acceptors (Lipinski definition) is 7. The van der Waals surface area contributed by atoms with Gasteiger partial charge in [0, 0.05) is 23.8 Å². The molecule has 28 heavy (non-hydrogen) atoms. The van der Waals surface area contributed by atoms with Crippen LogP contribution in [-0.2, 0) is 5.75 Å². The molecule has 0 aliphatic rings. The lowest BCUT2D eigenvalue weighted by atomic mass is 10.2. The van der Waals surface area contributed by atoms with Gasteiger partial charge in [0.1, 0.15) is 5.82 Å². The molecular formula is C20H19N7S. The Hall–Kier alpha value is -3.39. The van der Waals surface area contributed by atoms with Crippen LogP contribution < -0.4 is 11.1 Å². The molecule has 0 aliphatic heterocycles. The summed E-state index contributed by atoms with van der Waals surface area (Å²) in [5.74, 6) is 1.73. The smallest absolute Gasteiger partial charge is 0.232 e. The summed E-state index contributed by atoms with van der Waals surface area (Å²) in [5.41, 5.74) is 9.03. The van der Waals surface area contributed by atoms with Gasteiger partial charge in [0.25, 0.3) is 0 Å². The van der Waals surface area contributed by atoms with Crippen LogP contribution in [0.3, 0.4) is 0 Å². The molecule has 0 aliphatic carbocycles. The van der Waals surface area contributed by atoms with Gasteiger partial charge >= 0.3 is 0 Å². The number of imidazole rings is 1. The van der Waals surface area contributed by atoms with Crippen LogP contribution in [-0.4, -0.2) is 24.5 Å². The van der Waals surface area contributed by atoms with Crippen LogP contribution in [0.5, 0.6) is 0 Å². The normalized spacial score (nSPS) is 10.8. The molecule has 3 N–H and O–H groups in total. The van der Waals surface area contributed by atoms with Crippen LogP contribution >= 0.6 is 11.8 Å². The van der Waals surface area contributed by atoms with Crippen molar-refractivity contribution in [1.82, 2.24) is 24.5 Å². The minimum Gasteiger partial charge on any atom is -0.368 e. The zero-order valence-corrected chi connectivity index (χ0v) is 16.1. The molecule has 0 radical (unpaired) electrons. The lowest BCUT2D eigenvalue weighted by Crippen LogP contribution is -2.06. The van der Waals surface area contributed by atoms with Gasteiger partial charge in [-0.05, 0) is 36.8 Å². The zero-order valence-electron chi connectivity index (χ0n) is 15.3. The monoisotopic (exact) mass is 389 g/mol. The van der Waals surface area contributed by atoms with Crippen LogP contribution in [0.1, 0.15) is 11.4 Å². The molecule has 0 spiro atoms. The molecule has 2 aromatic carbocycles. The van der Waals surface area contributed by atoms with E-state index in [1.807, 2.05) is 47.2 Å². The van der Waals surface area contributed by atoms with Gasteiger partial charge in [0.15, 0.2) is 5.16 Å². The summed E-state index contributed by atoms with van der Waals surface area (Å²) in [6.45, 7) is 2.07. The molecule has 0 saturated heterocycles. The van der Waals surface area contributed by atoms with E-state index in [9.17, 15) is 0 Å². The summed E-state index contributed by atoms with van der Waals surface area (Å²) in [4.78, 5) is 17.3. The molecule has 2 aromatic heterocycles. The third-order valence-corrected chi connectivity index (χ3v) is 4.91. The fourth-order valence-corrected chi connectivity index (χ4v) is 3.54. The molecule has 0 fully saturated rings. The average Bonchev–Trinajstić information content (AvgIpc) is 3.15. The number of nitrogens with zero attached hydrogens (tertiary/aromatic N) is 5. The van der Waals surface area contributed by atoms with Crippen molar-refractivity contribution in [3.63, 3.8) is 0 Å². The number of nitrogen functional groups attached to an aromatic ring is 1. The predicted molar refractivity (Wildman–Crippen MR) is 112 cm³/mol. The minimum absolute atomic E-state index is 0.186. The van der Waals surface area contributed by atoms with E-state index >= 15 is 0 Å². The number of aromatic nitrogens is 5. The zero-order chi connectivity index (χ0) is 19.3. The Bertz CT molecular complexity index is 1080. The van der Waals surface area contributed by atoms with Crippen LogP contribution in [0.4, 0.5) is 17.6 Å². The van der Waals surface area contributed by atoms with E-state index in [1.165, 1.54) is 5.56 Å². The van der Waals surface area contributed by atoms with Crippen molar-refractivity contribution in [2.24, 2.45) is 0 Å². The fraction of sp³-hybridized carbons (Fsp3) is 0.100. The van der Waals surface area contributed by atoms with Crippen molar-refractivity contribution in [3.05, 3.63) is 78.4 Å². The van der Waals surface area contributed by atoms with Crippen molar-refractivity contribution < 1.29 is 0 Å². The van der Waals surface area contributed by atoms with E-state index in [4.69, 9.17) is 5.73 Å². The molecular weight excluding hydrogens is 370 g/mol. The Kier molecular flexibility index (Phi) is 5.20. The van der Waals surface area contributed by atoms with Gasteiger partial charge in [0.2, 0.25) is 11.9 Å². The summed E-state index contributed by atoms with van der Waals surface area (Å²) in [7, 11) is 0. The molecule has 0 unspecified atom stereocenters. The van der Waals surface area contributed by atoms with E-state index in [0.29, 0.717) is 17.5 Å². The molecule has 0 atom stereocenters. The third-order valence-electron chi connectivity index (χ3n) is 3.95. The van der Waals surface area contributed by atoms with E-state index in [0.717, 1.165) is 16.5 Å². The van der Waals surface area contributed by atoms with Crippen LogP contribution in [0.15, 0.2) is 72.1 Å². The maximum atomic E-state index is 5.87. The van der Waals surface area contributed by atoms with E-state index in [-0.39, 0.29) is 5.95 Å². The maximum Gasteiger partial charge on any atom is 0.232 e. The first-order valence-corrected chi connectivity index (χ1v) is 9.71. The van der Waals surface area contributed by atoms with Gasteiger partial charge in [-0.15, -0.1) is 0 Å². The Balaban J connectivity index is 1.51. The maximum absolute atomic E-state index is 5.87. The van der Waals surface area contributed by atoms with Gasteiger partial charge in [-0.2, -0.15) is 15.0 Å². The van der Waals surface area contributed by atoms with Crippen LogP contribution in [0, 0.1) is 6.92 Å². The molecule has 2 heterocycles. The Morgan fingerprint density at radius 1 is 1.04 bits per heavy atom. The Morgan fingerprint density at radius 3 is 2.71 bits per heavy atom. The number of hydrogen-bond donors (Lipinski definition) is 2. The lowest BCUT2D eigenvalue weighted by Gasteiger charge is -2.09. The lowest BCUT2D eigenvalue weighted by molar-refractivity contribution is 0.889. The number of nitrogens with two attached hydrogens (primary N) is 1. The van der Waals surface area contributed by atoms with Crippen molar-refractivity contribution >= 4 is 29.3 Å². The number of nitrogens with one attached hydrogen (secondary N) is 1. The standard InChI is InChI=1S/C20H19N7S/c1-14-6-5-9-16(12-14)27-11-10-22-20(27)28-13-17-24-18(21)26-19(25-17)23-15-7-3-2-4-8-15/h2-12H,13H2,1H3,(H3,21,23,24,25,26). The number of para-hydroxylation sites is 1. The highest BCUT2D eigenvalue weighted by Gasteiger charge is 2.10. The van der Waals surface area contributed by atoms with E-state index < -0.39 is 0 Å². The number of benzene rings is 2. The van der Waals surface area contributed by atoms with Crippen LogP contribution in [0.2, 0.25) is 0 Å². The summed E-state index contributed by atoms with van der Waals surface area (Å²) in [6.07, 6.45) is 3.73. The van der Waals surface area contributed by atoms with Crippen molar-refractivity contribution in [1.29, 1.82) is 0 Å². The molecule has 7 nitrogen and oxygen atoms in total. The quantitative estimate of drug-likeness (QED) is 0.482. The summed E-state index contributed by atoms with van der Waals surface area (Å²) in [6, 6.07) is 18.0. The Morgan fingerprint density at radius 2 is 1.89 bits per heavy atom. The first-order chi connectivity index (χ1) is 13.7. The number of rotatable bonds is 6. The molecule has 0 amide bonds. The topological polar surface area (TPSA) is 94.5 Å². The molecule has 4 aromatic rings. The molecule has 4 rings (SSSR count). The van der Waals surface area contributed by atoms with Crippen molar-refractivity contribution in [2.45, 2.75) is 17.8 Å². The van der Waals surface area contributed by atoms with Gasteiger partial charge < -0.3 is 11.1 Å². The summed E-state index contributed by atoms with van der Waals surface area (Å²) >= 11 is 1.55. The van der Waals surface area contributed by atoms with Gasteiger partial charge in [-0.3, -0.25) is 4.57 Å². The largest absolute Gasteiger partial charge is 0.368 e. The van der Waals surface area contributed by atoms with Crippen molar-refractivity contribution in [3.8, 4) is 5.69 Å². The van der Waals surface area contributed by atoms with Gasteiger partial charge in [0.05, 0.1) is 5.75 Å². The third kappa shape index (κ3) is 4.29. The highest BCUT2D eigenvalue weighted by atomic mass is 32.2. The van der Waals surface area contributed by atoms with Gasteiger partial charge in [-0.1, -0.05) is 42.1 Å². The minimum atomic E-state index is 0.186. The Labute approximate surface area is 167 Å². The van der Waals surface area contributed by atoms with Crippen molar-refractivity contribution in [2.75, 3.05) is 11.1 Å². The number of aryl methyl sites for hydroxylation is 1. The predicted octanol–water partition coefficient (Wildman–Crippen LogP) is 3.98. The SMILES string of the molecule is Cc1cccc(-n2ccnc2SCc2nc(N)nc(Nc3ccccc3)n2)c1. The first-order valence-electron chi connectivity index (χ1n) is 8.73. The van der Waals surface area contributed by atoms with E-state index in [2.05, 4.69) is 50.4 Å². The van der Waals surface area contributed by atoms with Crippen LogP contribution in [0.25, 0.3) is 5.69 Å². The fourth-order valence-electron chi connectivity index (χ4n) is 2.71. The molecule has 140 valence electrons. The highest BCUT2D eigenvalue weighted by Crippen LogP contribution is 2.24.